The molecule has 0 aromatic rings. The Labute approximate surface area is 113 Å². The minimum atomic E-state index is 0.0624. The zero-order valence-corrected chi connectivity index (χ0v) is 12.5. The minimum absolute atomic E-state index is 0.0624. The Morgan fingerprint density at radius 1 is 1.06 bits per heavy atom. The molecule has 0 amide bonds. The molecule has 0 bridgehead atoms. The summed E-state index contributed by atoms with van der Waals surface area (Å²) in [5.41, 5.74) is 0.0624. The van der Waals surface area contributed by atoms with E-state index in [4.69, 9.17) is 9.47 Å². The van der Waals surface area contributed by atoms with Crippen molar-refractivity contribution >= 4 is 0 Å². The largest absolute Gasteiger partial charge is 0.376 e. The van der Waals surface area contributed by atoms with Gasteiger partial charge in [0, 0.05) is 6.54 Å². The summed E-state index contributed by atoms with van der Waals surface area (Å²) in [6.07, 6.45) is 8.02. The van der Waals surface area contributed by atoms with Crippen LogP contribution in [0.1, 0.15) is 59.3 Å². The lowest BCUT2D eigenvalue weighted by Gasteiger charge is -2.33. The fourth-order valence-corrected chi connectivity index (χ4v) is 2.64. The fourth-order valence-electron chi connectivity index (χ4n) is 2.64. The third-order valence-electron chi connectivity index (χ3n) is 3.65. The van der Waals surface area contributed by atoms with E-state index in [2.05, 4.69) is 26.1 Å². The van der Waals surface area contributed by atoms with E-state index in [0.29, 0.717) is 12.7 Å². The molecular formula is C15H31NO2. The quantitative estimate of drug-likeness (QED) is 0.535. The van der Waals surface area contributed by atoms with Crippen molar-refractivity contribution in [1.82, 2.24) is 5.32 Å². The van der Waals surface area contributed by atoms with Gasteiger partial charge >= 0.3 is 0 Å². The van der Waals surface area contributed by atoms with E-state index in [1.54, 1.807) is 0 Å². The third kappa shape index (κ3) is 6.17. The first-order valence-electron chi connectivity index (χ1n) is 7.65. The van der Waals surface area contributed by atoms with E-state index in [0.717, 1.165) is 19.7 Å². The van der Waals surface area contributed by atoms with Crippen molar-refractivity contribution in [3.05, 3.63) is 0 Å². The average molecular weight is 257 g/mol. The van der Waals surface area contributed by atoms with Gasteiger partial charge in [0.05, 0.1) is 24.9 Å². The van der Waals surface area contributed by atoms with Gasteiger partial charge in [-0.3, -0.25) is 0 Å². The molecule has 1 aliphatic rings. The van der Waals surface area contributed by atoms with E-state index in [1.807, 2.05) is 0 Å². The molecule has 1 aliphatic carbocycles. The van der Waals surface area contributed by atoms with Crippen molar-refractivity contribution in [1.29, 1.82) is 0 Å². The molecule has 18 heavy (non-hydrogen) atoms. The minimum Gasteiger partial charge on any atom is -0.376 e. The molecule has 1 saturated carbocycles. The second-order valence-corrected chi connectivity index (χ2v) is 5.65. The molecule has 0 unspecified atom stereocenters. The maximum absolute atomic E-state index is 6.22. The molecule has 1 rings (SSSR count). The van der Waals surface area contributed by atoms with Crippen LogP contribution in [-0.4, -0.2) is 38.0 Å². The van der Waals surface area contributed by atoms with Crippen LogP contribution in [0.25, 0.3) is 0 Å². The first-order valence-corrected chi connectivity index (χ1v) is 7.65. The second-order valence-electron chi connectivity index (χ2n) is 5.65. The molecule has 0 atom stereocenters. The van der Waals surface area contributed by atoms with Gasteiger partial charge in [-0.15, -0.1) is 0 Å². The van der Waals surface area contributed by atoms with Crippen molar-refractivity contribution in [2.75, 3.05) is 26.3 Å². The summed E-state index contributed by atoms with van der Waals surface area (Å²) in [7, 11) is 0. The average Bonchev–Trinajstić information content (AvgIpc) is 2.58. The molecule has 0 saturated heterocycles. The Balaban J connectivity index is 2.37. The van der Waals surface area contributed by atoms with Gasteiger partial charge in [0.1, 0.15) is 0 Å². The number of nitrogens with one attached hydrogen (secondary N) is 1. The highest BCUT2D eigenvalue weighted by Gasteiger charge is 2.31. The van der Waals surface area contributed by atoms with Crippen molar-refractivity contribution in [2.45, 2.75) is 71.0 Å². The number of hydrogen-bond donors (Lipinski definition) is 1. The van der Waals surface area contributed by atoms with E-state index in [1.165, 1.54) is 38.5 Å². The molecule has 3 nitrogen and oxygen atoms in total. The van der Waals surface area contributed by atoms with Crippen LogP contribution in [0.4, 0.5) is 0 Å². The molecule has 108 valence electrons. The monoisotopic (exact) mass is 257 g/mol. The molecule has 0 radical (unpaired) electrons. The fraction of sp³-hybridized carbons (Fsp3) is 1.00. The first kappa shape index (κ1) is 15.9. The number of likely N-dealkylation sites (N-methyl/N-ethyl adjacent to an activating group) is 1. The highest BCUT2D eigenvalue weighted by molar-refractivity contribution is 4.85. The van der Waals surface area contributed by atoms with Crippen LogP contribution in [0.15, 0.2) is 0 Å². The molecule has 0 heterocycles. The van der Waals surface area contributed by atoms with Crippen LogP contribution in [0.5, 0.6) is 0 Å². The zero-order chi connectivity index (χ0) is 13.3. The van der Waals surface area contributed by atoms with Crippen LogP contribution in [0, 0.1) is 0 Å². The van der Waals surface area contributed by atoms with Gasteiger partial charge in [-0.1, -0.05) is 32.6 Å². The summed E-state index contributed by atoms with van der Waals surface area (Å²) in [5.74, 6) is 0. The van der Waals surface area contributed by atoms with Crippen molar-refractivity contribution in [3.8, 4) is 0 Å². The third-order valence-corrected chi connectivity index (χ3v) is 3.65. The molecule has 1 N–H and O–H groups in total. The predicted octanol–water partition coefficient (Wildman–Crippen LogP) is 3.13. The highest BCUT2D eigenvalue weighted by Crippen LogP contribution is 2.30. The second kappa shape index (κ2) is 8.89. The van der Waals surface area contributed by atoms with Crippen LogP contribution in [0.2, 0.25) is 0 Å². The molecule has 3 heteroatoms. The van der Waals surface area contributed by atoms with Gasteiger partial charge in [0.2, 0.25) is 0 Å². The Morgan fingerprint density at radius 3 is 2.28 bits per heavy atom. The van der Waals surface area contributed by atoms with Gasteiger partial charge in [0.15, 0.2) is 0 Å². The molecule has 0 aromatic heterocycles. The summed E-state index contributed by atoms with van der Waals surface area (Å²) in [5, 5.41) is 3.47. The standard InChI is InChI=1S/C15H31NO2/c1-4-16-13-15(9-7-5-6-8-10-15)18-12-11-17-14(2)3/h14,16H,4-13H2,1-3H3. The lowest BCUT2D eigenvalue weighted by atomic mass is 9.94. The lowest BCUT2D eigenvalue weighted by Crippen LogP contribution is -2.43. The topological polar surface area (TPSA) is 30.5 Å². The van der Waals surface area contributed by atoms with Crippen molar-refractivity contribution in [2.24, 2.45) is 0 Å². The molecule has 0 spiro atoms. The highest BCUT2D eigenvalue weighted by atomic mass is 16.5. The number of hydrogen-bond acceptors (Lipinski definition) is 3. The van der Waals surface area contributed by atoms with Gasteiger partial charge in [-0.2, -0.15) is 0 Å². The maximum atomic E-state index is 6.22. The Bertz CT molecular complexity index is 199. The summed E-state index contributed by atoms with van der Waals surface area (Å²) in [4.78, 5) is 0. The van der Waals surface area contributed by atoms with E-state index in [-0.39, 0.29) is 5.60 Å². The normalized spacial score (nSPS) is 20.0. The smallest absolute Gasteiger partial charge is 0.0807 e. The van der Waals surface area contributed by atoms with Crippen molar-refractivity contribution < 1.29 is 9.47 Å². The molecule has 0 aliphatic heterocycles. The first-order chi connectivity index (χ1) is 8.68. The predicted molar refractivity (Wildman–Crippen MR) is 76.0 cm³/mol. The molecule has 1 fully saturated rings. The van der Waals surface area contributed by atoms with Crippen LogP contribution in [0.3, 0.4) is 0 Å². The van der Waals surface area contributed by atoms with Crippen LogP contribution in [-0.2, 0) is 9.47 Å². The van der Waals surface area contributed by atoms with Crippen LogP contribution >= 0.6 is 0 Å². The van der Waals surface area contributed by atoms with E-state index in [9.17, 15) is 0 Å². The number of ether oxygens (including phenoxy) is 2. The van der Waals surface area contributed by atoms with Gasteiger partial charge < -0.3 is 14.8 Å². The Kier molecular flexibility index (Phi) is 7.87. The van der Waals surface area contributed by atoms with E-state index < -0.39 is 0 Å². The lowest BCUT2D eigenvalue weighted by molar-refractivity contribution is -0.0812. The summed E-state index contributed by atoms with van der Waals surface area (Å²) >= 11 is 0. The zero-order valence-electron chi connectivity index (χ0n) is 12.5. The molecule has 0 aromatic carbocycles. The van der Waals surface area contributed by atoms with Gasteiger partial charge in [0.25, 0.3) is 0 Å². The van der Waals surface area contributed by atoms with Gasteiger partial charge in [-0.05, 0) is 33.2 Å². The van der Waals surface area contributed by atoms with Gasteiger partial charge in [-0.25, -0.2) is 0 Å². The summed E-state index contributed by atoms with van der Waals surface area (Å²) in [6, 6.07) is 0. The summed E-state index contributed by atoms with van der Waals surface area (Å²) < 4.78 is 11.8. The molecular weight excluding hydrogens is 226 g/mol. The van der Waals surface area contributed by atoms with E-state index >= 15 is 0 Å². The Hall–Kier alpha value is -0.120. The maximum Gasteiger partial charge on any atom is 0.0807 e. The SMILES string of the molecule is CCNCC1(OCCOC(C)C)CCCCCC1. The number of rotatable bonds is 8. The summed E-state index contributed by atoms with van der Waals surface area (Å²) in [6.45, 7) is 9.75. The van der Waals surface area contributed by atoms with Crippen LogP contribution < -0.4 is 5.32 Å². The van der Waals surface area contributed by atoms with Crippen molar-refractivity contribution in [3.63, 3.8) is 0 Å². The Morgan fingerprint density at radius 2 is 1.72 bits per heavy atom.